The van der Waals surface area contributed by atoms with E-state index in [0.29, 0.717) is 17.7 Å². The fraction of sp³-hybridized carbons (Fsp3) is 0.278. The summed E-state index contributed by atoms with van der Waals surface area (Å²) in [6.07, 6.45) is 1.82. The summed E-state index contributed by atoms with van der Waals surface area (Å²) in [5.41, 5.74) is 7.38. The smallest absolute Gasteiger partial charge is 0.254 e. The van der Waals surface area contributed by atoms with E-state index < -0.39 is 11.6 Å². The summed E-state index contributed by atoms with van der Waals surface area (Å²) in [7, 11) is 0. The second-order valence-electron chi connectivity index (χ2n) is 5.80. The Kier molecular flexibility index (Phi) is 5.91. The maximum absolute atomic E-state index is 13.9. The number of carbonyl (C=O) groups is 1. The zero-order chi connectivity index (χ0) is 16.4. The summed E-state index contributed by atoms with van der Waals surface area (Å²) in [5.74, 6) is -1.38. The van der Waals surface area contributed by atoms with E-state index in [1.54, 1.807) is 17.0 Å². The standard InChI is InChI=1S/C18H18F2N2O.ClH/c19-15-6-5-14(17(20)9-15)11-22(16-7-8-16)18(23)13-3-1-12(10-21)2-4-13;/h1-6,9,16H,7-8,10-11,21H2;1H. The Labute approximate surface area is 145 Å². The van der Waals surface area contributed by atoms with Gasteiger partial charge in [-0.2, -0.15) is 0 Å². The lowest BCUT2D eigenvalue weighted by Crippen LogP contribution is -2.33. The highest BCUT2D eigenvalue weighted by Gasteiger charge is 2.33. The number of halogens is 3. The monoisotopic (exact) mass is 352 g/mol. The molecule has 2 N–H and O–H groups in total. The fourth-order valence-corrected chi connectivity index (χ4v) is 2.54. The van der Waals surface area contributed by atoms with Crippen LogP contribution in [0.25, 0.3) is 0 Å². The number of carbonyl (C=O) groups excluding carboxylic acids is 1. The van der Waals surface area contributed by atoms with Gasteiger partial charge in [0.25, 0.3) is 5.91 Å². The van der Waals surface area contributed by atoms with E-state index >= 15 is 0 Å². The molecule has 1 fully saturated rings. The van der Waals surface area contributed by atoms with Gasteiger partial charge >= 0.3 is 0 Å². The minimum Gasteiger partial charge on any atom is -0.331 e. The first-order valence-corrected chi connectivity index (χ1v) is 7.62. The van der Waals surface area contributed by atoms with Crippen molar-refractivity contribution in [2.24, 2.45) is 5.73 Å². The molecule has 0 saturated heterocycles. The largest absolute Gasteiger partial charge is 0.331 e. The van der Waals surface area contributed by atoms with Crippen LogP contribution >= 0.6 is 12.4 Å². The molecule has 0 spiro atoms. The Bertz CT molecular complexity index is 717. The number of hydrogen-bond donors (Lipinski definition) is 1. The molecule has 0 aromatic heterocycles. The Morgan fingerprint density at radius 3 is 2.33 bits per heavy atom. The minimum absolute atomic E-state index is 0. The number of rotatable bonds is 5. The van der Waals surface area contributed by atoms with E-state index in [2.05, 4.69) is 0 Å². The van der Waals surface area contributed by atoms with Crippen LogP contribution < -0.4 is 5.73 Å². The highest BCUT2D eigenvalue weighted by atomic mass is 35.5. The van der Waals surface area contributed by atoms with Crippen LogP contribution in [0, 0.1) is 11.6 Å². The van der Waals surface area contributed by atoms with Crippen LogP contribution in [0.5, 0.6) is 0 Å². The lowest BCUT2D eigenvalue weighted by molar-refractivity contribution is 0.0728. The molecule has 2 aromatic rings. The second-order valence-corrected chi connectivity index (χ2v) is 5.80. The number of benzene rings is 2. The predicted molar refractivity (Wildman–Crippen MR) is 90.8 cm³/mol. The van der Waals surface area contributed by atoms with Crippen LogP contribution in [0.15, 0.2) is 42.5 Å². The third kappa shape index (κ3) is 4.10. The van der Waals surface area contributed by atoms with Crippen LogP contribution in [0.1, 0.15) is 34.3 Å². The normalized spacial score (nSPS) is 13.3. The van der Waals surface area contributed by atoms with Crippen molar-refractivity contribution >= 4 is 18.3 Å². The maximum atomic E-state index is 13.9. The molecule has 2 aromatic carbocycles. The molecule has 0 aliphatic heterocycles. The van der Waals surface area contributed by atoms with Gasteiger partial charge in [0.15, 0.2) is 0 Å². The molecule has 0 bridgehead atoms. The molecule has 1 saturated carbocycles. The number of nitrogens with zero attached hydrogens (tertiary/aromatic N) is 1. The Balaban J connectivity index is 0.00000208. The third-order valence-corrected chi connectivity index (χ3v) is 4.04. The molecule has 3 rings (SSSR count). The molecule has 0 atom stereocenters. The van der Waals surface area contributed by atoms with Crippen molar-refractivity contribution in [3.8, 4) is 0 Å². The molecular formula is C18H19ClF2N2O. The molecule has 3 nitrogen and oxygen atoms in total. The van der Waals surface area contributed by atoms with Crippen molar-refractivity contribution in [2.45, 2.75) is 32.0 Å². The van der Waals surface area contributed by atoms with Crippen molar-refractivity contribution in [1.29, 1.82) is 0 Å². The van der Waals surface area contributed by atoms with E-state index in [-0.39, 0.29) is 30.9 Å². The summed E-state index contributed by atoms with van der Waals surface area (Å²) in [4.78, 5) is 14.4. The van der Waals surface area contributed by atoms with E-state index in [9.17, 15) is 13.6 Å². The maximum Gasteiger partial charge on any atom is 0.254 e. The van der Waals surface area contributed by atoms with Crippen LogP contribution in [-0.4, -0.2) is 16.8 Å². The van der Waals surface area contributed by atoms with Crippen molar-refractivity contribution in [3.05, 3.63) is 70.8 Å². The van der Waals surface area contributed by atoms with Crippen molar-refractivity contribution in [2.75, 3.05) is 0 Å². The predicted octanol–water partition coefficient (Wildman–Crippen LogP) is 3.65. The van der Waals surface area contributed by atoms with Crippen molar-refractivity contribution in [1.82, 2.24) is 4.90 Å². The first-order chi connectivity index (χ1) is 11.1. The molecule has 1 aliphatic carbocycles. The van der Waals surface area contributed by atoms with Gasteiger partial charge in [0.1, 0.15) is 11.6 Å². The zero-order valence-corrected chi connectivity index (χ0v) is 13.9. The number of hydrogen-bond acceptors (Lipinski definition) is 2. The first-order valence-electron chi connectivity index (χ1n) is 7.62. The summed E-state index contributed by atoms with van der Waals surface area (Å²) in [6.45, 7) is 0.565. The molecular weight excluding hydrogens is 334 g/mol. The van der Waals surface area contributed by atoms with Gasteiger partial charge in [0, 0.05) is 36.3 Å². The fourth-order valence-electron chi connectivity index (χ4n) is 2.54. The SMILES string of the molecule is Cl.NCc1ccc(C(=O)N(Cc2ccc(F)cc2F)C2CC2)cc1. The van der Waals surface area contributed by atoms with Gasteiger partial charge in [-0.3, -0.25) is 4.79 Å². The topological polar surface area (TPSA) is 46.3 Å². The van der Waals surface area contributed by atoms with Gasteiger partial charge in [0.05, 0.1) is 0 Å². The highest BCUT2D eigenvalue weighted by Crippen LogP contribution is 2.30. The molecule has 1 aliphatic rings. The van der Waals surface area contributed by atoms with Gasteiger partial charge in [-0.25, -0.2) is 8.78 Å². The van der Waals surface area contributed by atoms with Crippen molar-refractivity contribution in [3.63, 3.8) is 0 Å². The minimum atomic E-state index is -0.623. The molecule has 6 heteroatoms. The van der Waals surface area contributed by atoms with E-state index in [1.165, 1.54) is 12.1 Å². The van der Waals surface area contributed by atoms with Gasteiger partial charge in [-0.15, -0.1) is 12.4 Å². The van der Waals surface area contributed by atoms with Crippen molar-refractivity contribution < 1.29 is 13.6 Å². The zero-order valence-electron chi connectivity index (χ0n) is 13.0. The van der Waals surface area contributed by atoms with Crippen LogP contribution in [0.2, 0.25) is 0 Å². The molecule has 1 amide bonds. The number of nitrogens with two attached hydrogens (primary N) is 1. The Hall–Kier alpha value is -1.98. The Morgan fingerprint density at radius 1 is 1.12 bits per heavy atom. The molecule has 0 heterocycles. The second kappa shape index (κ2) is 7.73. The molecule has 0 radical (unpaired) electrons. The van der Waals surface area contributed by atoms with Crippen LogP contribution in [0.4, 0.5) is 8.78 Å². The van der Waals surface area contributed by atoms with E-state index in [4.69, 9.17) is 5.73 Å². The quantitative estimate of drug-likeness (QED) is 0.892. The highest BCUT2D eigenvalue weighted by molar-refractivity contribution is 5.94. The summed E-state index contributed by atoms with van der Waals surface area (Å²) in [6, 6.07) is 10.7. The first kappa shape index (κ1) is 18.4. The average molecular weight is 353 g/mol. The van der Waals surface area contributed by atoms with Gasteiger partial charge < -0.3 is 10.6 Å². The van der Waals surface area contributed by atoms with Crippen LogP contribution in [-0.2, 0) is 13.1 Å². The van der Waals surface area contributed by atoms with Gasteiger partial charge in [0.2, 0.25) is 0 Å². The summed E-state index contributed by atoms with van der Waals surface area (Å²) < 4.78 is 26.9. The molecule has 0 unspecified atom stereocenters. The van der Waals surface area contributed by atoms with Crippen LogP contribution in [0.3, 0.4) is 0 Å². The Morgan fingerprint density at radius 2 is 1.79 bits per heavy atom. The van der Waals surface area contributed by atoms with Gasteiger partial charge in [-0.1, -0.05) is 18.2 Å². The lowest BCUT2D eigenvalue weighted by Gasteiger charge is -2.23. The summed E-state index contributed by atoms with van der Waals surface area (Å²) >= 11 is 0. The average Bonchev–Trinajstić information content (AvgIpc) is 3.38. The van der Waals surface area contributed by atoms with Gasteiger partial charge in [-0.05, 0) is 36.6 Å². The third-order valence-electron chi connectivity index (χ3n) is 4.04. The number of amides is 1. The van der Waals surface area contributed by atoms with E-state index in [0.717, 1.165) is 24.5 Å². The lowest BCUT2D eigenvalue weighted by atomic mass is 10.1. The van der Waals surface area contributed by atoms with E-state index in [1.807, 2.05) is 12.1 Å². The summed E-state index contributed by atoms with van der Waals surface area (Å²) in [5, 5.41) is 0. The molecule has 24 heavy (non-hydrogen) atoms. The molecule has 128 valence electrons.